The number of alkyl halides is 3. The van der Waals surface area contributed by atoms with Crippen LogP contribution in [0.25, 0.3) is 6.08 Å². The molecule has 0 aliphatic heterocycles. The van der Waals surface area contributed by atoms with Crippen molar-refractivity contribution in [3.8, 4) is 0 Å². The van der Waals surface area contributed by atoms with Gasteiger partial charge in [0, 0.05) is 11.8 Å². The van der Waals surface area contributed by atoms with E-state index in [0.29, 0.717) is 11.3 Å². The summed E-state index contributed by atoms with van der Waals surface area (Å²) in [7, 11) is 0. The molecule has 0 fully saturated rings. The number of amides is 1. The number of hydrogen-bond acceptors (Lipinski definition) is 3. The predicted molar refractivity (Wildman–Crippen MR) is 60.0 cm³/mol. The number of nitrogens with one attached hydrogen (secondary N) is 1. The molecule has 1 amide bonds. The van der Waals surface area contributed by atoms with Crippen LogP contribution in [0.2, 0.25) is 0 Å². The van der Waals surface area contributed by atoms with Gasteiger partial charge >= 0.3 is 6.18 Å². The first-order valence-electron chi connectivity index (χ1n) is 4.89. The van der Waals surface area contributed by atoms with Crippen LogP contribution < -0.4 is 11.2 Å². The van der Waals surface area contributed by atoms with Crippen molar-refractivity contribution < 1.29 is 22.8 Å². The molecule has 0 radical (unpaired) electrons. The molecule has 1 aromatic carbocycles. The Morgan fingerprint density at radius 2 is 2.17 bits per heavy atom. The van der Waals surface area contributed by atoms with E-state index in [1.54, 1.807) is 29.7 Å². The largest absolute Gasteiger partial charge is 0.414 e. The number of nitrogen functional groups attached to an aromatic ring is 1. The zero-order valence-corrected chi connectivity index (χ0v) is 9.20. The number of benzene rings is 1. The molecule has 7 heteroatoms. The van der Waals surface area contributed by atoms with Gasteiger partial charge in [-0.1, -0.05) is 12.1 Å². The molecular weight excluding hydrogens is 249 g/mol. The van der Waals surface area contributed by atoms with Crippen molar-refractivity contribution >= 4 is 17.7 Å². The van der Waals surface area contributed by atoms with Gasteiger partial charge in [0.25, 0.3) is 5.91 Å². The third-order valence-corrected chi connectivity index (χ3v) is 1.75. The van der Waals surface area contributed by atoms with Gasteiger partial charge in [0.05, 0.1) is 0 Å². The highest BCUT2D eigenvalue weighted by atomic mass is 19.4. The molecule has 0 heterocycles. The summed E-state index contributed by atoms with van der Waals surface area (Å²) in [5, 5.41) is 0. The van der Waals surface area contributed by atoms with Gasteiger partial charge in [-0.15, -0.1) is 0 Å². The van der Waals surface area contributed by atoms with E-state index < -0.39 is 18.7 Å². The summed E-state index contributed by atoms with van der Waals surface area (Å²) >= 11 is 0. The van der Waals surface area contributed by atoms with Gasteiger partial charge in [0.15, 0.2) is 6.61 Å². The lowest BCUT2D eigenvalue weighted by atomic mass is 10.2. The number of hydrogen-bond donors (Lipinski definition) is 2. The zero-order valence-electron chi connectivity index (χ0n) is 9.20. The quantitative estimate of drug-likeness (QED) is 0.493. The Kier molecular flexibility index (Phi) is 4.73. The van der Waals surface area contributed by atoms with Crippen molar-refractivity contribution in [2.45, 2.75) is 6.18 Å². The molecule has 98 valence electrons. The van der Waals surface area contributed by atoms with Crippen molar-refractivity contribution in [2.75, 3.05) is 12.3 Å². The molecule has 0 aliphatic carbocycles. The summed E-state index contributed by atoms with van der Waals surface area (Å²) in [6.45, 7) is -1.54. The van der Waals surface area contributed by atoms with E-state index in [1.807, 2.05) is 0 Å². The third-order valence-electron chi connectivity index (χ3n) is 1.75. The lowest BCUT2D eigenvalue weighted by Crippen LogP contribution is -2.28. The van der Waals surface area contributed by atoms with Crippen LogP contribution in [0.15, 0.2) is 30.3 Å². The number of halogens is 3. The average Bonchev–Trinajstić information content (AvgIpc) is 2.25. The Balaban J connectivity index is 2.40. The fourth-order valence-corrected chi connectivity index (χ4v) is 1.06. The predicted octanol–water partition coefficient (Wildman–Crippen LogP) is 1.89. The van der Waals surface area contributed by atoms with Crippen LogP contribution in [0.4, 0.5) is 18.9 Å². The lowest BCUT2D eigenvalue weighted by Gasteiger charge is -2.06. The van der Waals surface area contributed by atoms with E-state index in [9.17, 15) is 18.0 Å². The van der Waals surface area contributed by atoms with E-state index in [4.69, 9.17) is 5.73 Å². The molecule has 0 aromatic heterocycles. The van der Waals surface area contributed by atoms with Gasteiger partial charge in [-0.2, -0.15) is 13.2 Å². The zero-order chi connectivity index (χ0) is 13.6. The molecule has 18 heavy (non-hydrogen) atoms. The maximum Gasteiger partial charge on any atom is 0.414 e. The third kappa shape index (κ3) is 5.90. The number of rotatable bonds is 4. The number of anilines is 1. The minimum Gasteiger partial charge on any atom is -0.399 e. The van der Waals surface area contributed by atoms with Crippen molar-refractivity contribution in [2.24, 2.45) is 0 Å². The highest BCUT2D eigenvalue weighted by molar-refractivity contribution is 5.91. The number of hydroxylamine groups is 1. The average molecular weight is 260 g/mol. The van der Waals surface area contributed by atoms with E-state index in [1.165, 1.54) is 6.08 Å². The normalized spacial score (nSPS) is 11.7. The standard InChI is InChI=1S/C11H11F3N2O2/c12-11(13,14)7-18-16-10(17)5-4-8-2-1-3-9(15)6-8/h1-6H,7,15H2,(H,16,17)/b5-4+. The second-order valence-corrected chi connectivity index (χ2v) is 3.37. The fourth-order valence-electron chi connectivity index (χ4n) is 1.06. The summed E-state index contributed by atoms with van der Waals surface area (Å²) in [5.74, 6) is -0.790. The molecule has 0 bridgehead atoms. The summed E-state index contributed by atoms with van der Waals surface area (Å²) in [6.07, 6.45) is -2.03. The first-order valence-corrected chi connectivity index (χ1v) is 4.89. The monoisotopic (exact) mass is 260 g/mol. The molecule has 0 saturated carbocycles. The lowest BCUT2D eigenvalue weighted by molar-refractivity contribution is -0.190. The van der Waals surface area contributed by atoms with Crippen LogP contribution in [0.1, 0.15) is 5.56 Å². The highest BCUT2D eigenvalue weighted by Gasteiger charge is 2.28. The Morgan fingerprint density at radius 3 is 2.78 bits per heavy atom. The first-order chi connectivity index (χ1) is 8.37. The second-order valence-electron chi connectivity index (χ2n) is 3.37. The second kappa shape index (κ2) is 6.06. The molecule has 3 N–H and O–H groups in total. The summed E-state index contributed by atoms with van der Waals surface area (Å²) in [4.78, 5) is 15.0. The Labute approximate surface area is 101 Å². The first kappa shape index (κ1) is 14.0. The number of nitrogens with two attached hydrogens (primary N) is 1. The molecule has 0 atom stereocenters. The molecule has 1 aromatic rings. The number of carbonyl (C=O) groups is 1. The van der Waals surface area contributed by atoms with Crippen LogP contribution in [0.5, 0.6) is 0 Å². The fraction of sp³-hybridized carbons (Fsp3) is 0.182. The van der Waals surface area contributed by atoms with E-state index in [2.05, 4.69) is 4.84 Å². The number of carbonyl (C=O) groups excluding carboxylic acids is 1. The topological polar surface area (TPSA) is 64.4 Å². The van der Waals surface area contributed by atoms with Crippen molar-refractivity contribution in [3.05, 3.63) is 35.9 Å². The van der Waals surface area contributed by atoms with Crippen LogP contribution in [-0.4, -0.2) is 18.7 Å². The Hall–Kier alpha value is -2.02. The van der Waals surface area contributed by atoms with Gasteiger partial charge in [0.2, 0.25) is 0 Å². The summed E-state index contributed by atoms with van der Waals surface area (Å²) in [6, 6.07) is 6.66. The van der Waals surface area contributed by atoms with Gasteiger partial charge in [-0.05, 0) is 23.8 Å². The Bertz CT molecular complexity index is 444. The van der Waals surface area contributed by atoms with E-state index in [0.717, 1.165) is 6.08 Å². The summed E-state index contributed by atoms with van der Waals surface area (Å²) in [5.41, 5.74) is 8.33. The van der Waals surface area contributed by atoms with Gasteiger partial charge < -0.3 is 5.73 Å². The van der Waals surface area contributed by atoms with Gasteiger partial charge in [-0.25, -0.2) is 5.48 Å². The maximum absolute atomic E-state index is 11.7. The van der Waals surface area contributed by atoms with Crippen molar-refractivity contribution in [1.82, 2.24) is 5.48 Å². The highest BCUT2D eigenvalue weighted by Crippen LogP contribution is 2.13. The Morgan fingerprint density at radius 1 is 1.44 bits per heavy atom. The van der Waals surface area contributed by atoms with Crippen LogP contribution in [0, 0.1) is 0 Å². The SMILES string of the molecule is Nc1cccc(/C=C/C(=O)NOCC(F)(F)F)c1. The minimum atomic E-state index is -4.48. The van der Waals surface area contributed by atoms with Crippen molar-refractivity contribution in [1.29, 1.82) is 0 Å². The molecule has 1 rings (SSSR count). The molecule has 0 saturated heterocycles. The molecule has 0 aliphatic rings. The maximum atomic E-state index is 11.7. The smallest absolute Gasteiger partial charge is 0.399 e. The van der Waals surface area contributed by atoms with Crippen LogP contribution >= 0.6 is 0 Å². The van der Waals surface area contributed by atoms with Gasteiger partial charge in [-0.3, -0.25) is 9.63 Å². The summed E-state index contributed by atoms with van der Waals surface area (Å²) < 4.78 is 35.1. The van der Waals surface area contributed by atoms with Crippen molar-refractivity contribution in [3.63, 3.8) is 0 Å². The van der Waals surface area contributed by atoms with Gasteiger partial charge in [0.1, 0.15) is 0 Å². The molecule has 0 unspecified atom stereocenters. The van der Waals surface area contributed by atoms with Crippen LogP contribution in [0.3, 0.4) is 0 Å². The molecular formula is C11H11F3N2O2. The molecule has 0 spiro atoms. The van der Waals surface area contributed by atoms with E-state index in [-0.39, 0.29) is 0 Å². The van der Waals surface area contributed by atoms with Crippen LogP contribution in [-0.2, 0) is 9.63 Å². The minimum absolute atomic E-state index is 0.519. The van der Waals surface area contributed by atoms with E-state index >= 15 is 0 Å². The molecule has 4 nitrogen and oxygen atoms in total.